The van der Waals surface area contributed by atoms with Crippen LogP contribution in [0.25, 0.3) is 0 Å². The van der Waals surface area contributed by atoms with Gasteiger partial charge in [-0.2, -0.15) is 0 Å². The van der Waals surface area contributed by atoms with E-state index in [0.717, 1.165) is 0 Å². The number of pyridine rings is 1. The van der Waals surface area contributed by atoms with Crippen molar-refractivity contribution in [2.24, 2.45) is 16.7 Å². The molecule has 0 unspecified atom stereocenters. The van der Waals surface area contributed by atoms with E-state index in [1.165, 1.54) is 12.3 Å². The zero-order valence-electron chi connectivity index (χ0n) is 11.8. The highest BCUT2D eigenvalue weighted by atomic mass is 32.2. The van der Waals surface area contributed by atoms with E-state index < -0.39 is 10.0 Å². The molecule has 6 heteroatoms. The number of hydrogen-bond donors (Lipinski definition) is 2. The van der Waals surface area contributed by atoms with Crippen molar-refractivity contribution in [1.82, 2.24) is 9.71 Å². The zero-order valence-corrected chi connectivity index (χ0v) is 12.6. The summed E-state index contributed by atoms with van der Waals surface area (Å²) >= 11 is 0. The molecule has 1 aliphatic carbocycles. The van der Waals surface area contributed by atoms with E-state index in [2.05, 4.69) is 37.4 Å². The minimum atomic E-state index is -3.63. The SMILES string of the molecule is CC1(C)C(CNS(=O)(=O)c2ncccc2N)C1(C)C. The Morgan fingerprint density at radius 1 is 1.32 bits per heavy atom. The fourth-order valence-electron chi connectivity index (χ4n) is 2.73. The summed E-state index contributed by atoms with van der Waals surface area (Å²) in [4.78, 5) is 3.85. The second-order valence-electron chi connectivity index (χ2n) is 6.25. The number of nitrogen functional groups attached to an aromatic ring is 1. The fraction of sp³-hybridized carbons (Fsp3) is 0.615. The lowest BCUT2D eigenvalue weighted by Crippen LogP contribution is -2.28. The molecule has 1 saturated carbocycles. The largest absolute Gasteiger partial charge is 0.396 e. The second-order valence-corrected chi connectivity index (χ2v) is 7.93. The smallest absolute Gasteiger partial charge is 0.260 e. The van der Waals surface area contributed by atoms with Crippen LogP contribution in [0.15, 0.2) is 23.4 Å². The van der Waals surface area contributed by atoms with Gasteiger partial charge in [-0.1, -0.05) is 27.7 Å². The molecule has 1 fully saturated rings. The fourth-order valence-corrected chi connectivity index (χ4v) is 3.83. The highest BCUT2D eigenvalue weighted by molar-refractivity contribution is 7.89. The van der Waals surface area contributed by atoms with Crippen molar-refractivity contribution < 1.29 is 8.42 Å². The van der Waals surface area contributed by atoms with Gasteiger partial charge < -0.3 is 5.73 Å². The summed E-state index contributed by atoms with van der Waals surface area (Å²) in [6.07, 6.45) is 1.43. The van der Waals surface area contributed by atoms with Crippen LogP contribution in [0, 0.1) is 16.7 Å². The molecule has 1 aromatic heterocycles. The quantitative estimate of drug-likeness (QED) is 0.879. The van der Waals surface area contributed by atoms with Crippen molar-refractivity contribution in [1.29, 1.82) is 0 Å². The van der Waals surface area contributed by atoms with Crippen molar-refractivity contribution in [3.63, 3.8) is 0 Å². The van der Waals surface area contributed by atoms with Crippen LogP contribution < -0.4 is 10.5 Å². The van der Waals surface area contributed by atoms with Crippen LogP contribution in [0.5, 0.6) is 0 Å². The molecule has 0 spiro atoms. The molecule has 0 aliphatic heterocycles. The number of nitrogens with one attached hydrogen (secondary N) is 1. The van der Waals surface area contributed by atoms with Gasteiger partial charge in [0.2, 0.25) is 0 Å². The molecule has 1 aliphatic rings. The van der Waals surface area contributed by atoms with Crippen LogP contribution in [0.4, 0.5) is 5.69 Å². The van der Waals surface area contributed by atoms with Crippen molar-refractivity contribution >= 4 is 15.7 Å². The molecule has 3 N–H and O–H groups in total. The van der Waals surface area contributed by atoms with Gasteiger partial charge in [0.1, 0.15) is 0 Å². The Morgan fingerprint density at radius 2 is 1.89 bits per heavy atom. The summed E-state index contributed by atoms with van der Waals surface area (Å²) in [5, 5.41) is -0.0914. The van der Waals surface area contributed by atoms with Crippen molar-refractivity contribution in [2.75, 3.05) is 12.3 Å². The maximum Gasteiger partial charge on any atom is 0.260 e. The molecule has 1 aromatic rings. The third kappa shape index (κ3) is 2.23. The monoisotopic (exact) mass is 283 g/mol. The lowest BCUT2D eigenvalue weighted by Gasteiger charge is -2.08. The number of nitrogens with zero attached hydrogens (tertiary/aromatic N) is 1. The highest BCUT2D eigenvalue weighted by Crippen LogP contribution is 2.67. The Bertz CT molecular complexity index is 580. The number of anilines is 1. The van der Waals surface area contributed by atoms with E-state index in [-0.39, 0.29) is 21.5 Å². The van der Waals surface area contributed by atoms with E-state index in [4.69, 9.17) is 5.73 Å². The summed E-state index contributed by atoms with van der Waals surface area (Å²) in [5.74, 6) is 0.319. The van der Waals surface area contributed by atoms with E-state index >= 15 is 0 Å². The maximum absolute atomic E-state index is 12.2. The lowest BCUT2D eigenvalue weighted by molar-refractivity contribution is 0.457. The molecule has 19 heavy (non-hydrogen) atoms. The van der Waals surface area contributed by atoms with E-state index in [1.807, 2.05) is 0 Å². The zero-order chi connectivity index (χ0) is 14.5. The number of rotatable bonds is 4. The minimum Gasteiger partial charge on any atom is -0.396 e. The maximum atomic E-state index is 12.2. The summed E-state index contributed by atoms with van der Waals surface area (Å²) in [6, 6.07) is 3.15. The van der Waals surface area contributed by atoms with Gasteiger partial charge in [0.15, 0.2) is 5.03 Å². The second kappa shape index (κ2) is 4.18. The van der Waals surface area contributed by atoms with E-state index in [1.54, 1.807) is 6.07 Å². The Morgan fingerprint density at radius 3 is 2.37 bits per heavy atom. The van der Waals surface area contributed by atoms with Crippen LogP contribution in [-0.4, -0.2) is 19.9 Å². The van der Waals surface area contributed by atoms with Gasteiger partial charge in [-0.25, -0.2) is 18.1 Å². The number of aromatic nitrogens is 1. The highest BCUT2D eigenvalue weighted by Gasteiger charge is 2.64. The van der Waals surface area contributed by atoms with Crippen molar-refractivity contribution in [3.8, 4) is 0 Å². The first-order valence-electron chi connectivity index (χ1n) is 6.31. The lowest BCUT2D eigenvalue weighted by atomic mass is 10.0. The standard InChI is InChI=1S/C13H21N3O2S/c1-12(2)10(13(12,3)4)8-16-19(17,18)11-9(14)6-5-7-15-11/h5-7,10,16H,8,14H2,1-4H3. The summed E-state index contributed by atoms with van der Waals surface area (Å²) in [7, 11) is -3.63. The van der Waals surface area contributed by atoms with Crippen LogP contribution in [0.2, 0.25) is 0 Å². The predicted molar refractivity (Wildman–Crippen MR) is 74.9 cm³/mol. The molecule has 0 aromatic carbocycles. The summed E-state index contributed by atoms with van der Waals surface area (Å²) in [6.45, 7) is 9.03. The molecular weight excluding hydrogens is 262 g/mol. The Labute approximate surface area is 114 Å². The third-order valence-corrected chi connectivity index (χ3v) is 6.25. The van der Waals surface area contributed by atoms with Gasteiger partial charge in [0, 0.05) is 12.7 Å². The van der Waals surface area contributed by atoms with Gasteiger partial charge in [0.25, 0.3) is 10.0 Å². The third-order valence-electron chi connectivity index (χ3n) is 4.85. The Balaban J connectivity index is 2.11. The molecule has 5 nitrogen and oxygen atoms in total. The first kappa shape index (κ1) is 14.3. The number of nitrogens with two attached hydrogens (primary N) is 1. The molecule has 2 rings (SSSR count). The Hall–Kier alpha value is -1.14. The van der Waals surface area contributed by atoms with Crippen LogP contribution in [0.1, 0.15) is 27.7 Å². The van der Waals surface area contributed by atoms with Crippen LogP contribution in [0.3, 0.4) is 0 Å². The van der Waals surface area contributed by atoms with Gasteiger partial charge in [-0.3, -0.25) is 0 Å². The molecule has 1 heterocycles. The van der Waals surface area contributed by atoms with Gasteiger partial charge in [-0.15, -0.1) is 0 Å². The van der Waals surface area contributed by atoms with Crippen LogP contribution >= 0.6 is 0 Å². The topological polar surface area (TPSA) is 85.1 Å². The molecule has 0 atom stereocenters. The van der Waals surface area contributed by atoms with Crippen molar-refractivity contribution in [3.05, 3.63) is 18.3 Å². The van der Waals surface area contributed by atoms with Crippen LogP contribution in [-0.2, 0) is 10.0 Å². The predicted octanol–water partition coefficient (Wildman–Crippen LogP) is 1.62. The van der Waals surface area contributed by atoms with E-state index in [0.29, 0.717) is 12.5 Å². The normalized spacial score (nSPS) is 21.3. The molecule has 0 amide bonds. The molecule has 0 bridgehead atoms. The number of sulfonamides is 1. The van der Waals surface area contributed by atoms with Gasteiger partial charge >= 0.3 is 0 Å². The summed E-state index contributed by atoms with van der Waals surface area (Å²) in [5.41, 5.74) is 6.11. The summed E-state index contributed by atoms with van der Waals surface area (Å²) < 4.78 is 26.9. The molecule has 0 saturated heterocycles. The molecular formula is C13H21N3O2S. The first-order valence-corrected chi connectivity index (χ1v) is 7.79. The Kier molecular flexibility index (Phi) is 3.14. The van der Waals surface area contributed by atoms with Gasteiger partial charge in [-0.05, 0) is 28.9 Å². The van der Waals surface area contributed by atoms with Gasteiger partial charge in [0.05, 0.1) is 5.69 Å². The molecule has 0 radical (unpaired) electrons. The minimum absolute atomic E-state index is 0.0914. The molecule has 106 valence electrons. The van der Waals surface area contributed by atoms with Crippen molar-refractivity contribution in [2.45, 2.75) is 32.7 Å². The average Bonchev–Trinajstić information content (AvgIpc) is 2.67. The van der Waals surface area contributed by atoms with E-state index in [9.17, 15) is 8.42 Å². The average molecular weight is 283 g/mol. The number of hydrogen-bond acceptors (Lipinski definition) is 4. The first-order chi connectivity index (χ1) is 8.61.